The number of aryl methyl sites for hydroxylation is 1. The largest absolute Gasteiger partial charge is 0.320 e. The fourth-order valence-electron chi connectivity index (χ4n) is 2.63. The number of nitrogens with one attached hydrogen (secondary N) is 3. The number of pyridine rings is 1. The first-order valence-electron chi connectivity index (χ1n) is 8.04. The molecule has 0 radical (unpaired) electrons. The molecule has 2 amide bonds. The predicted octanol–water partition coefficient (Wildman–Crippen LogP) is 4.57. The van der Waals surface area contributed by atoms with Gasteiger partial charge in [0.1, 0.15) is 0 Å². The fraction of sp³-hybridized carbons (Fsp3) is 0.105. The fourth-order valence-corrected chi connectivity index (χ4v) is 3.20. The number of carbonyl (C=O) groups excluding carboxylic acids is 2. The van der Waals surface area contributed by atoms with Crippen molar-refractivity contribution in [1.82, 2.24) is 10.4 Å². The van der Waals surface area contributed by atoms with Gasteiger partial charge in [-0.05, 0) is 30.7 Å². The summed E-state index contributed by atoms with van der Waals surface area (Å²) < 4.78 is 0. The molecule has 27 heavy (non-hydrogen) atoms. The van der Waals surface area contributed by atoms with Gasteiger partial charge in [-0.1, -0.05) is 41.4 Å². The normalized spacial score (nSPS) is 10.5. The van der Waals surface area contributed by atoms with E-state index < -0.39 is 5.91 Å². The van der Waals surface area contributed by atoms with E-state index in [9.17, 15) is 9.59 Å². The summed E-state index contributed by atoms with van der Waals surface area (Å²) >= 11 is 12.3. The first kappa shape index (κ1) is 18.9. The number of hydrazine groups is 1. The van der Waals surface area contributed by atoms with Crippen LogP contribution in [0.2, 0.25) is 10.0 Å². The average molecular weight is 403 g/mol. The minimum absolute atomic E-state index is 0.199. The third-order valence-electron chi connectivity index (χ3n) is 3.92. The van der Waals surface area contributed by atoms with Crippen molar-refractivity contribution in [2.75, 3.05) is 10.7 Å². The van der Waals surface area contributed by atoms with Crippen LogP contribution in [0.15, 0.2) is 42.6 Å². The summed E-state index contributed by atoms with van der Waals surface area (Å²) in [7, 11) is 0. The number of nitrogens with zero attached hydrogens (tertiary/aromatic N) is 1. The van der Waals surface area contributed by atoms with E-state index in [0.29, 0.717) is 16.9 Å². The van der Waals surface area contributed by atoms with Gasteiger partial charge in [-0.15, -0.1) is 0 Å². The maximum absolute atomic E-state index is 12.8. The van der Waals surface area contributed by atoms with Crippen LogP contribution in [0.3, 0.4) is 0 Å². The van der Waals surface area contributed by atoms with E-state index in [1.54, 1.807) is 30.5 Å². The number of carbonyl (C=O) groups is 2. The molecule has 3 aromatic rings. The van der Waals surface area contributed by atoms with E-state index in [0.717, 1.165) is 10.9 Å². The standard InChI is InChI=1S/C19H16Cl2N4O2/c1-10-6-7-12-15(25-24-11(2)26)8-9-22-18(12)17(10)23-19(27)16-13(20)4-3-5-14(16)21/h3-9H,1-2H3,(H,22,25)(H,23,27)(H,24,26). The number of fused-ring (bicyclic) bond motifs is 1. The van der Waals surface area contributed by atoms with Gasteiger partial charge < -0.3 is 5.32 Å². The Morgan fingerprint density at radius 2 is 1.74 bits per heavy atom. The van der Waals surface area contributed by atoms with E-state index in [4.69, 9.17) is 23.2 Å². The molecule has 0 bridgehead atoms. The molecule has 0 aliphatic carbocycles. The van der Waals surface area contributed by atoms with Crippen LogP contribution in [0.4, 0.5) is 11.4 Å². The highest BCUT2D eigenvalue weighted by atomic mass is 35.5. The Balaban J connectivity index is 2.04. The summed E-state index contributed by atoms with van der Waals surface area (Å²) in [5.74, 6) is -0.655. The number of anilines is 2. The molecule has 8 heteroatoms. The van der Waals surface area contributed by atoms with Crippen molar-refractivity contribution in [3.05, 3.63) is 63.8 Å². The molecule has 0 fully saturated rings. The molecule has 0 atom stereocenters. The van der Waals surface area contributed by atoms with E-state index in [-0.39, 0.29) is 21.5 Å². The number of halogens is 2. The maximum Gasteiger partial charge on any atom is 0.258 e. The number of amides is 2. The molecule has 3 N–H and O–H groups in total. The lowest BCUT2D eigenvalue weighted by Gasteiger charge is -2.15. The summed E-state index contributed by atoms with van der Waals surface area (Å²) in [5.41, 5.74) is 8.16. The maximum atomic E-state index is 12.8. The second kappa shape index (κ2) is 7.82. The zero-order valence-electron chi connectivity index (χ0n) is 14.6. The van der Waals surface area contributed by atoms with Gasteiger partial charge in [0.25, 0.3) is 5.91 Å². The van der Waals surface area contributed by atoms with Crippen molar-refractivity contribution in [2.24, 2.45) is 0 Å². The minimum atomic E-state index is -0.428. The quantitative estimate of drug-likeness (QED) is 0.558. The monoisotopic (exact) mass is 402 g/mol. The minimum Gasteiger partial charge on any atom is -0.320 e. The van der Waals surface area contributed by atoms with Crippen molar-refractivity contribution < 1.29 is 9.59 Å². The molecule has 2 aromatic carbocycles. The van der Waals surface area contributed by atoms with E-state index >= 15 is 0 Å². The number of benzene rings is 2. The molecular formula is C19H16Cl2N4O2. The number of rotatable bonds is 4. The highest BCUT2D eigenvalue weighted by Gasteiger charge is 2.18. The Morgan fingerprint density at radius 3 is 2.41 bits per heavy atom. The summed E-state index contributed by atoms with van der Waals surface area (Å²) in [5, 5.41) is 4.12. The first-order valence-corrected chi connectivity index (χ1v) is 8.80. The Bertz CT molecular complexity index is 1030. The molecule has 0 aliphatic rings. The predicted molar refractivity (Wildman–Crippen MR) is 108 cm³/mol. The molecule has 1 aromatic heterocycles. The average Bonchev–Trinajstić information content (AvgIpc) is 2.62. The van der Waals surface area contributed by atoms with Crippen molar-refractivity contribution >= 4 is 57.3 Å². The van der Waals surface area contributed by atoms with Gasteiger partial charge in [-0.3, -0.25) is 25.4 Å². The van der Waals surface area contributed by atoms with Crippen LogP contribution >= 0.6 is 23.2 Å². The summed E-state index contributed by atoms with van der Waals surface area (Å²) in [6.07, 6.45) is 1.59. The van der Waals surface area contributed by atoms with Crippen LogP contribution < -0.4 is 16.2 Å². The summed E-state index contributed by atoms with van der Waals surface area (Å²) in [6, 6.07) is 10.3. The lowest BCUT2D eigenvalue weighted by molar-refractivity contribution is -0.118. The number of aromatic nitrogens is 1. The van der Waals surface area contributed by atoms with Crippen LogP contribution in [0, 0.1) is 6.92 Å². The van der Waals surface area contributed by atoms with Gasteiger partial charge in [-0.2, -0.15) is 0 Å². The summed E-state index contributed by atoms with van der Waals surface area (Å²) in [4.78, 5) is 28.3. The van der Waals surface area contributed by atoms with Crippen LogP contribution in [0.5, 0.6) is 0 Å². The molecule has 1 heterocycles. The Labute approximate surface area is 165 Å². The smallest absolute Gasteiger partial charge is 0.258 e. The van der Waals surface area contributed by atoms with Crippen LogP contribution in [-0.4, -0.2) is 16.8 Å². The molecule has 0 saturated carbocycles. The highest BCUT2D eigenvalue weighted by Crippen LogP contribution is 2.32. The van der Waals surface area contributed by atoms with Crippen molar-refractivity contribution in [2.45, 2.75) is 13.8 Å². The van der Waals surface area contributed by atoms with Gasteiger partial charge in [0, 0.05) is 18.5 Å². The number of hydrogen-bond acceptors (Lipinski definition) is 4. The van der Waals surface area contributed by atoms with Gasteiger partial charge in [0.05, 0.1) is 32.5 Å². The molecule has 138 valence electrons. The molecule has 0 spiro atoms. The molecule has 0 saturated heterocycles. The van der Waals surface area contributed by atoms with Gasteiger partial charge >= 0.3 is 0 Å². The van der Waals surface area contributed by atoms with Gasteiger partial charge in [-0.25, -0.2) is 0 Å². The van der Waals surface area contributed by atoms with Crippen LogP contribution in [0.1, 0.15) is 22.8 Å². The molecule has 3 rings (SSSR count). The lowest BCUT2D eigenvalue weighted by Crippen LogP contribution is -2.26. The highest BCUT2D eigenvalue weighted by molar-refractivity contribution is 6.40. The first-order chi connectivity index (χ1) is 12.9. The lowest BCUT2D eigenvalue weighted by atomic mass is 10.1. The molecule has 6 nitrogen and oxygen atoms in total. The second-order valence-corrected chi connectivity index (χ2v) is 6.68. The van der Waals surface area contributed by atoms with Gasteiger partial charge in [0.2, 0.25) is 5.91 Å². The van der Waals surface area contributed by atoms with Crippen molar-refractivity contribution in [3.8, 4) is 0 Å². The zero-order chi connectivity index (χ0) is 19.6. The SMILES string of the molecule is CC(=O)NNc1ccnc2c(NC(=O)c3c(Cl)cccc3Cl)c(C)ccc12. The van der Waals surface area contributed by atoms with E-state index in [1.165, 1.54) is 6.92 Å². The third-order valence-corrected chi connectivity index (χ3v) is 4.55. The Morgan fingerprint density at radius 1 is 1.04 bits per heavy atom. The van der Waals surface area contributed by atoms with Crippen LogP contribution in [-0.2, 0) is 4.79 Å². The van der Waals surface area contributed by atoms with Crippen molar-refractivity contribution in [1.29, 1.82) is 0 Å². The Hall–Kier alpha value is -2.83. The molecule has 0 aliphatic heterocycles. The second-order valence-electron chi connectivity index (χ2n) is 5.87. The molecular weight excluding hydrogens is 387 g/mol. The van der Waals surface area contributed by atoms with E-state index in [2.05, 4.69) is 21.2 Å². The summed E-state index contributed by atoms with van der Waals surface area (Å²) in [6.45, 7) is 3.26. The third kappa shape index (κ3) is 3.97. The van der Waals surface area contributed by atoms with Crippen molar-refractivity contribution in [3.63, 3.8) is 0 Å². The topological polar surface area (TPSA) is 83.1 Å². The van der Waals surface area contributed by atoms with Gasteiger partial charge in [0.15, 0.2) is 0 Å². The zero-order valence-corrected chi connectivity index (χ0v) is 16.1. The van der Waals surface area contributed by atoms with Crippen LogP contribution in [0.25, 0.3) is 10.9 Å². The Kier molecular flexibility index (Phi) is 5.48. The molecule has 0 unspecified atom stereocenters. The number of hydrogen-bond donors (Lipinski definition) is 3. The van der Waals surface area contributed by atoms with E-state index in [1.807, 2.05) is 19.1 Å².